The number of nitrogens with zero attached hydrogens (tertiary/aromatic N) is 1. The molecule has 1 aliphatic heterocycles. The van der Waals surface area contributed by atoms with Crippen molar-refractivity contribution in [2.45, 2.75) is 6.61 Å². The van der Waals surface area contributed by atoms with Gasteiger partial charge >= 0.3 is 5.97 Å². The number of rotatable bonds is 6. The first-order valence-electron chi connectivity index (χ1n) is 9.57. The number of carbonyl (C=O) groups excluding carboxylic acids is 1. The molecule has 0 unspecified atom stereocenters. The van der Waals surface area contributed by atoms with Crippen LogP contribution in [0.15, 0.2) is 69.8 Å². The molecule has 0 saturated heterocycles. The quantitative estimate of drug-likeness (QED) is 0.231. The van der Waals surface area contributed by atoms with Crippen molar-refractivity contribution in [1.29, 1.82) is 0 Å². The Kier molecular flexibility index (Phi) is 7.29. The van der Waals surface area contributed by atoms with Crippen molar-refractivity contribution in [3.63, 3.8) is 0 Å². The van der Waals surface area contributed by atoms with E-state index in [2.05, 4.69) is 20.9 Å². The lowest BCUT2D eigenvalue weighted by atomic mass is 10.1. The Hall–Kier alpha value is -2.51. The van der Waals surface area contributed by atoms with Gasteiger partial charge in [0, 0.05) is 10.6 Å². The maximum absolute atomic E-state index is 12.4. The summed E-state index contributed by atoms with van der Waals surface area (Å²) in [6, 6.07) is 15.8. The van der Waals surface area contributed by atoms with Gasteiger partial charge in [0.15, 0.2) is 17.2 Å². The maximum atomic E-state index is 12.4. The molecule has 9 heteroatoms. The van der Waals surface area contributed by atoms with Crippen molar-refractivity contribution in [1.82, 2.24) is 0 Å². The van der Waals surface area contributed by atoms with Gasteiger partial charge in [0.05, 0.1) is 21.6 Å². The van der Waals surface area contributed by atoms with Crippen LogP contribution in [-0.4, -0.2) is 19.0 Å². The van der Waals surface area contributed by atoms with Gasteiger partial charge in [-0.2, -0.15) is 0 Å². The van der Waals surface area contributed by atoms with Gasteiger partial charge in [-0.15, -0.1) is 0 Å². The van der Waals surface area contributed by atoms with E-state index >= 15 is 0 Å². The Morgan fingerprint density at radius 3 is 2.48 bits per heavy atom. The summed E-state index contributed by atoms with van der Waals surface area (Å²) in [6.07, 6.45) is 1.60. The van der Waals surface area contributed by atoms with Crippen LogP contribution in [0.5, 0.6) is 11.5 Å². The molecule has 0 bridgehead atoms. The zero-order valence-corrected chi connectivity index (χ0v) is 20.9. The number of benzene rings is 3. The third-order valence-corrected chi connectivity index (χ3v) is 6.22. The van der Waals surface area contributed by atoms with E-state index in [0.29, 0.717) is 48.8 Å². The summed E-state index contributed by atoms with van der Waals surface area (Å²) in [5, 5.41) is 1.40. The first-order chi connectivity index (χ1) is 15.8. The summed E-state index contributed by atoms with van der Waals surface area (Å²) in [6.45, 7) is 0.330. The molecule has 0 amide bonds. The smallest absolute Gasteiger partial charge is 0.363 e. The highest BCUT2D eigenvalue weighted by Gasteiger charge is 2.25. The molecule has 0 radical (unpaired) electrons. The number of hydrogen-bond acceptors (Lipinski definition) is 5. The topological polar surface area (TPSA) is 57.1 Å². The van der Waals surface area contributed by atoms with Crippen LogP contribution in [0.3, 0.4) is 0 Å². The predicted octanol–water partition coefficient (Wildman–Crippen LogP) is 7.34. The van der Waals surface area contributed by atoms with Crippen molar-refractivity contribution in [2.75, 3.05) is 7.11 Å². The molecule has 0 fully saturated rings. The van der Waals surface area contributed by atoms with Gasteiger partial charge in [-0.25, -0.2) is 9.79 Å². The minimum atomic E-state index is -0.575. The number of carbonyl (C=O) groups is 1. The van der Waals surface area contributed by atoms with Crippen molar-refractivity contribution < 1.29 is 19.0 Å². The fourth-order valence-corrected chi connectivity index (χ4v) is 4.02. The lowest BCUT2D eigenvalue weighted by Gasteiger charge is -2.14. The van der Waals surface area contributed by atoms with Crippen LogP contribution < -0.4 is 9.47 Å². The largest absolute Gasteiger partial charge is 0.493 e. The zero-order chi connectivity index (χ0) is 23.5. The minimum Gasteiger partial charge on any atom is -0.493 e. The molecule has 3 aromatic carbocycles. The molecule has 0 N–H and O–H groups in total. The fourth-order valence-electron chi connectivity index (χ4n) is 3.02. The highest BCUT2D eigenvalue weighted by molar-refractivity contribution is 9.10. The van der Waals surface area contributed by atoms with E-state index < -0.39 is 5.97 Å². The van der Waals surface area contributed by atoms with Crippen LogP contribution in [0.4, 0.5) is 0 Å². The highest BCUT2D eigenvalue weighted by Crippen LogP contribution is 2.38. The average molecular weight is 568 g/mol. The third kappa shape index (κ3) is 5.53. The summed E-state index contributed by atoms with van der Waals surface area (Å²) >= 11 is 21.4. The SMILES string of the molecule is COc1cc(/C=C2\N=C(c3ccc(Cl)c(Cl)c3)OC2=O)cc(Br)c1OCc1ccc(Cl)cc1. The van der Waals surface area contributed by atoms with Gasteiger partial charge in [0.1, 0.15) is 6.61 Å². The Balaban J connectivity index is 1.59. The molecule has 168 valence electrons. The molecule has 1 heterocycles. The second-order valence-corrected chi connectivity index (χ2v) is 9.02. The van der Waals surface area contributed by atoms with Crippen molar-refractivity contribution >= 4 is 68.7 Å². The molecule has 0 aliphatic carbocycles. The summed E-state index contributed by atoms with van der Waals surface area (Å²) < 4.78 is 17.4. The Bertz CT molecular complexity index is 1290. The summed E-state index contributed by atoms with van der Waals surface area (Å²) in [5.41, 5.74) is 2.31. The number of aliphatic imine (C=N–C) groups is 1. The van der Waals surface area contributed by atoms with Crippen molar-refractivity contribution in [3.8, 4) is 11.5 Å². The molecule has 33 heavy (non-hydrogen) atoms. The monoisotopic (exact) mass is 565 g/mol. The lowest BCUT2D eigenvalue weighted by molar-refractivity contribution is -0.129. The molecule has 0 atom stereocenters. The van der Waals surface area contributed by atoms with Gasteiger partial charge in [0.2, 0.25) is 5.90 Å². The number of cyclic esters (lactones) is 1. The Labute approximate surface area is 213 Å². The van der Waals surface area contributed by atoms with E-state index in [1.54, 1.807) is 48.5 Å². The fraction of sp³-hybridized carbons (Fsp3) is 0.0833. The van der Waals surface area contributed by atoms with Crippen LogP contribution in [-0.2, 0) is 16.1 Å². The van der Waals surface area contributed by atoms with E-state index in [1.807, 2.05) is 12.1 Å². The molecule has 0 saturated carbocycles. The van der Waals surface area contributed by atoms with Gasteiger partial charge in [0.25, 0.3) is 0 Å². The molecule has 0 spiro atoms. The first-order valence-corrected chi connectivity index (χ1v) is 11.5. The normalized spacial score (nSPS) is 14.3. The number of esters is 1. The van der Waals surface area contributed by atoms with E-state index in [1.165, 1.54) is 7.11 Å². The third-order valence-electron chi connectivity index (χ3n) is 4.64. The van der Waals surface area contributed by atoms with Crippen LogP contribution in [0, 0.1) is 0 Å². The number of methoxy groups -OCH3 is 1. The van der Waals surface area contributed by atoms with Crippen LogP contribution in [0.1, 0.15) is 16.7 Å². The molecular formula is C24H15BrCl3NO4. The van der Waals surface area contributed by atoms with E-state index in [4.69, 9.17) is 49.0 Å². The standard InChI is InChI=1S/C24H15BrCl3NO4/c1-31-21-10-14(8-17(25)22(21)32-12-13-2-5-16(26)6-3-13)9-20-24(30)33-23(29-20)15-4-7-18(27)19(28)11-15/h2-11H,12H2,1H3/b20-9-. The number of ether oxygens (including phenoxy) is 3. The molecule has 5 nitrogen and oxygen atoms in total. The predicted molar refractivity (Wildman–Crippen MR) is 134 cm³/mol. The first kappa shape index (κ1) is 23.6. The molecular weight excluding hydrogens is 553 g/mol. The average Bonchev–Trinajstić information content (AvgIpc) is 3.15. The van der Waals surface area contributed by atoms with Gasteiger partial charge in [-0.05, 0) is 75.6 Å². The summed E-state index contributed by atoms with van der Waals surface area (Å²) in [4.78, 5) is 16.7. The molecule has 0 aromatic heterocycles. The lowest BCUT2D eigenvalue weighted by Crippen LogP contribution is -2.05. The maximum Gasteiger partial charge on any atom is 0.363 e. The van der Waals surface area contributed by atoms with E-state index in [-0.39, 0.29) is 11.6 Å². The van der Waals surface area contributed by atoms with E-state index in [9.17, 15) is 4.79 Å². The summed E-state index contributed by atoms with van der Waals surface area (Å²) in [7, 11) is 1.54. The molecule has 4 rings (SSSR count). The second-order valence-electron chi connectivity index (χ2n) is 6.91. The minimum absolute atomic E-state index is 0.139. The number of halogens is 4. The Morgan fingerprint density at radius 1 is 1.03 bits per heavy atom. The summed E-state index contributed by atoms with van der Waals surface area (Å²) in [5.74, 6) is 0.599. The van der Waals surface area contributed by atoms with Crippen molar-refractivity contribution in [2.24, 2.45) is 4.99 Å². The van der Waals surface area contributed by atoms with E-state index in [0.717, 1.165) is 5.56 Å². The van der Waals surface area contributed by atoms with Gasteiger partial charge < -0.3 is 14.2 Å². The van der Waals surface area contributed by atoms with Crippen LogP contribution >= 0.6 is 50.7 Å². The van der Waals surface area contributed by atoms with Crippen LogP contribution in [0.2, 0.25) is 15.1 Å². The molecule has 3 aromatic rings. The van der Waals surface area contributed by atoms with Gasteiger partial charge in [-0.3, -0.25) is 0 Å². The van der Waals surface area contributed by atoms with Crippen LogP contribution in [0.25, 0.3) is 6.08 Å². The number of hydrogen-bond donors (Lipinski definition) is 0. The van der Waals surface area contributed by atoms with Gasteiger partial charge in [-0.1, -0.05) is 46.9 Å². The Morgan fingerprint density at radius 2 is 1.79 bits per heavy atom. The second kappa shape index (κ2) is 10.2. The zero-order valence-electron chi connectivity index (χ0n) is 17.1. The van der Waals surface area contributed by atoms with Crippen molar-refractivity contribution in [3.05, 3.63) is 96.5 Å². The highest BCUT2D eigenvalue weighted by atomic mass is 79.9. The molecule has 1 aliphatic rings.